The molecule has 0 aliphatic carbocycles. The number of ether oxygens (including phenoxy) is 1. The number of hydrogen-bond acceptors (Lipinski definition) is 3. The Morgan fingerprint density at radius 1 is 0.950 bits per heavy atom. The summed E-state index contributed by atoms with van der Waals surface area (Å²) in [4.78, 5) is 0. The Bertz CT molecular complexity index is 787. The molecule has 3 aromatic rings. The first-order chi connectivity index (χ1) is 9.65. The fraction of sp³-hybridized carbons (Fsp3) is 0.125. The maximum absolute atomic E-state index is 5.94. The van der Waals surface area contributed by atoms with Gasteiger partial charge < -0.3 is 4.74 Å². The van der Waals surface area contributed by atoms with E-state index in [1.165, 1.54) is 0 Å². The van der Waals surface area contributed by atoms with Gasteiger partial charge in [0.2, 0.25) is 5.88 Å². The zero-order chi connectivity index (χ0) is 14.1. The van der Waals surface area contributed by atoms with Gasteiger partial charge in [0, 0.05) is 15.2 Å². The average molecular weight is 329 g/mol. The summed E-state index contributed by atoms with van der Waals surface area (Å²) in [6.45, 7) is 3.95. The lowest BCUT2D eigenvalue weighted by Gasteiger charge is -2.10. The second-order valence-corrected chi connectivity index (χ2v) is 5.56. The second-order valence-electron chi connectivity index (χ2n) is 4.65. The van der Waals surface area contributed by atoms with E-state index >= 15 is 0 Å². The molecule has 100 valence electrons. The van der Waals surface area contributed by atoms with E-state index in [4.69, 9.17) is 4.74 Å². The highest BCUT2D eigenvalue weighted by molar-refractivity contribution is 9.10. The molecule has 20 heavy (non-hydrogen) atoms. The molecule has 2 aromatic carbocycles. The number of fused-ring (bicyclic) bond motifs is 1. The molecule has 0 radical (unpaired) electrons. The summed E-state index contributed by atoms with van der Waals surface area (Å²) < 4.78 is 6.97. The van der Waals surface area contributed by atoms with E-state index in [0.29, 0.717) is 5.88 Å². The molecule has 0 N–H and O–H groups in total. The third kappa shape index (κ3) is 2.39. The van der Waals surface area contributed by atoms with Gasteiger partial charge in [-0.25, -0.2) is 0 Å². The van der Waals surface area contributed by atoms with Crippen LogP contribution in [0.2, 0.25) is 0 Å². The van der Waals surface area contributed by atoms with Crippen molar-refractivity contribution in [1.29, 1.82) is 0 Å². The van der Waals surface area contributed by atoms with Crippen molar-refractivity contribution in [1.82, 2.24) is 10.2 Å². The third-order valence-corrected chi connectivity index (χ3v) is 3.67. The molecule has 0 aliphatic rings. The molecular formula is C16H13BrN2O. The predicted molar refractivity (Wildman–Crippen MR) is 83.2 cm³/mol. The van der Waals surface area contributed by atoms with E-state index in [-0.39, 0.29) is 0 Å². The van der Waals surface area contributed by atoms with Crippen LogP contribution in [0.4, 0.5) is 0 Å². The molecule has 0 atom stereocenters. The lowest BCUT2D eigenvalue weighted by molar-refractivity contribution is 0.458. The minimum atomic E-state index is 0.539. The summed E-state index contributed by atoms with van der Waals surface area (Å²) >= 11 is 3.45. The molecule has 0 saturated heterocycles. The Morgan fingerprint density at radius 2 is 1.70 bits per heavy atom. The number of aryl methyl sites for hydroxylation is 2. The van der Waals surface area contributed by atoms with Crippen molar-refractivity contribution < 1.29 is 4.74 Å². The van der Waals surface area contributed by atoms with Crippen molar-refractivity contribution in [2.75, 3.05) is 0 Å². The number of halogens is 1. The van der Waals surface area contributed by atoms with Crippen LogP contribution in [0.5, 0.6) is 11.6 Å². The second kappa shape index (κ2) is 5.21. The Morgan fingerprint density at radius 3 is 2.45 bits per heavy atom. The first kappa shape index (κ1) is 13.1. The predicted octanol–water partition coefficient (Wildman–Crippen LogP) is 4.80. The van der Waals surface area contributed by atoms with Crippen LogP contribution in [0.3, 0.4) is 0 Å². The SMILES string of the molecule is Cc1cc(Br)ccc1Oc1nnc(C)c2ccccc12. The molecule has 0 bridgehead atoms. The molecule has 1 aromatic heterocycles. The molecule has 0 spiro atoms. The van der Waals surface area contributed by atoms with Crippen LogP contribution in [0.25, 0.3) is 10.8 Å². The van der Waals surface area contributed by atoms with Crippen LogP contribution in [0.15, 0.2) is 46.9 Å². The maximum atomic E-state index is 5.94. The van der Waals surface area contributed by atoms with Crippen LogP contribution < -0.4 is 4.74 Å². The summed E-state index contributed by atoms with van der Waals surface area (Å²) in [5.41, 5.74) is 1.95. The van der Waals surface area contributed by atoms with Crippen molar-refractivity contribution >= 4 is 26.7 Å². The molecule has 1 heterocycles. The third-order valence-electron chi connectivity index (χ3n) is 3.18. The van der Waals surface area contributed by atoms with Gasteiger partial charge in [-0.2, -0.15) is 5.10 Å². The molecule has 0 unspecified atom stereocenters. The van der Waals surface area contributed by atoms with Gasteiger partial charge in [0.15, 0.2) is 0 Å². The first-order valence-corrected chi connectivity index (χ1v) is 7.10. The molecule has 3 nitrogen and oxygen atoms in total. The quantitative estimate of drug-likeness (QED) is 0.677. The van der Waals surface area contributed by atoms with E-state index in [9.17, 15) is 0 Å². The number of aromatic nitrogens is 2. The van der Waals surface area contributed by atoms with Gasteiger partial charge in [0.05, 0.1) is 5.69 Å². The van der Waals surface area contributed by atoms with Gasteiger partial charge in [-0.05, 0) is 43.7 Å². The fourth-order valence-corrected chi connectivity index (χ4v) is 2.60. The Kier molecular flexibility index (Phi) is 3.40. The molecule has 0 aliphatic heterocycles. The van der Waals surface area contributed by atoms with Crippen LogP contribution in [0.1, 0.15) is 11.3 Å². The van der Waals surface area contributed by atoms with Gasteiger partial charge >= 0.3 is 0 Å². The van der Waals surface area contributed by atoms with Gasteiger partial charge in [-0.15, -0.1) is 5.10 Å². The van der Waals surface area contributed by atoms with Crippen LogP contribution >= 0.6 is 15.9 Å². The Hall–Kier alpha value is -1.94. The van der Waals surface area contributed by atoms with E-state index in [1.807, 2.05) is 56.3 Å². The highest BCUT2D eigenvalue weighted by atomic mass is 79.9. The van der Waals surface area contributed by atoms with Crippen LogP contribution in [-0.4, -0.2) is 10.2 Å². The van der Waals surface area contributed by atoms with Crippen molar-refractivity contribution in [2.24, 2.45) is 0 Å². The van der Waals surface area contributed by atoms with Crippen molar-refractivity contribution in [3.05, 3.63) is 58.2 Å². The number of nitrogens with zero attached hydrogens (tertiary/aromatic N) is 2. The first-order valence-electron chi connectivity index (χ1n) is 6.31. The zero-order valence-corrected chi connectivity index (χ0v) is 12.8. The molecular weight excluding hydrogens is 316 g/mol. The molecule has 0 fully saturated rings. The number of hydrogen-bond donors (Lipinski definition) is 0. The lowest BCUT2D eigenvalue weighted by Crippen LogP contribution is -1.96. The van der Waals surface area contributed by atoms with Gasteiger partial charge in [0.1, 0.15) is 5.75 Å². The van der Waals surface area contributed by atoms with Gasteiger partial charge in [-0.3, -0.25) is 0 Å². The maximum Gasteiger partial charge on any atom is 0.246 e. The fourth-order valence-electron chi connectivity index (χ4n) is 2.12. The highest BCUT2D eigenvalue weighted by Gasteiger charge is 2.09. The molecule has 0 amide bonds. The van der Waals surface area contributed by atoms with E-state index < -0.39 is 0 Å². The lowest BCUT2D eigenvalue weighted by atomic mass is 10.1. The monoisotopic (exact) mass is 328 g/mol. The minimum Gasteiger partial charge on any atom is -0.437 e. The number of benzene rings is 2. The zero-order valence-electron chi connectivity index (χ0n) is 11.2. The molecule has 4 heteroatoms. The van der Waals surface area contributed by atoms with Crippen LogP contribution in [-0.2, 0) is 0 Å². The minimum absolute atomic E-state index is 0.539. The molecule has 0 saturated carbocycles. The van der Waals surface area contributed by atoms with E-state index in [2.05, 4.69) is 26.1 Å². The Labute approximate surface area is 125 Å². The van der Waals surface area contributed by atoms with Crippen LogP contribution in [0, 0.1) is 13.8 Å². The standard InChI is InChI=1S/C16H13BrN2O/c1-10-9-12(17)7-8-15(10)20-16-14-6-4-3-5-13(14)11(2)18-19-16/h3-9H,1-2H3. The summed E-state index contributed by atoms with van der Waals surface area (Å²) in [6.07, 6.45) is 0. The summed E-state index contributed by atoms with van der Waals surface area (Å²) in [5, 5.41) is 10.4. The topological polar surface area (TPSA) is 35.0 Å². The van der Waals surface area contributed by atoms with Gasteiger partial charge in [0.25, 0.3) is 0 Å². The Balaban J connectivity index is 2.09. The largest absolute Gasteiger partial charge is 0.437 e. The highest BCUT2D eigenvalue weighted by Crippen LogP contribution is 2.31. The smallest absolute Gasteiger partial charge is 0.246 e. The average Bonchev–Trinajstić information content (AvgIpc) is 2.45. The van der Waals surface area contributed by atoms with Crippen molar-refractivity contribution in [3.63, 3.8) is 0 Å². The van der Waals surface area contributed by atoms with Crippen molar-refractivity contribution in [3.8, 4) is 11.6 Å². The van der Waals surface area contributed by atoms with E-state index in [1.54, 1.807) is 0 Å². The number of rotatable bonds is 2. The summed E-state index contributed by atoms with van der Waals surface area (Å²) in [6, 6.07) is 13.9. The summed E-state index contributed by atoms with van der Waals surface area (Å²) in [5.74, 6) is 1.33. The molecule has 3 rings (SSSR count). The summed E-state index contributed by atoms with van der Waals surface area (Å²) in [7, 11) is 0. The normalized spacial score (nSPS) is 10.8. The van der Waals surface area contributed by atoms with E-state index in [0.717, 1.165) is 32.3 Å². The van der Waals surface area contributed by atoms with Crippen molar-refractivity contribution in [2.45, 2.75) is 13.8 Å². The van der Waals surface area contributed by atoms with Gasteiger partial charge in [-0.1, -0.05) is 34.1 Å².